The van der Waals surface area contributed by atoms with Crippen LogP contribution < -0.4 is 10.7 Å². The Morgan fingerprint density at radius 1 is 1.26 bits per heavy atom. The van der Waals surface area contributed by atoms with E-state index in [0.717, 1.165) is 29.8 Å². The van der Waals surface area contributed by atoms with Crippen molar-refractivity contribution in [3.63, 3.8) is 0 Å². The van der Waals surface area contributed by atoms with Crippen LogP contribution in [0, 0.1) is 0 Å². The second-order valence-electron chi connectivity index (χ2n) is 5.17. The number of rotatable bonds is 5. The average Bonchev–Trinajstić information content (AvgIpc) is 3.07. The molecule has 0 radical (unpaired) electrons. The lowest BCUT2D eigenvalue weighted by atomic mass is 10.1. The lowest BCUT2D eigenvalue weighted by Gasteiger charge is -2.27. The molecule has 6 heteroatoms. The highest BCUT2D eigenvalue weighted by Crippen LogP contribution is 2.36. The monoisotopic (exact) mass is 327 g/mol. The molecule has 0 aliphatic heterocycles. The molecule has 0 spiro atoms. The molecule has 0 aliphatic rings. The molecule has 3 rings (SSSR count). The van der Waals surface area contributed by atoms with E-state index in [1.165, 1.54) is 0 Å². The first-order valence-electron chi connectivity index (χ1n) is 7.47. The van der Waals surface area contributed by atoms with E-state index in [4.69, 9.17) is 17.3 Å². The Morgan fingerprint density at radius 2 is 2.09 bits per heavy atom. The number of hydrogen-bond donors (Lipinski definition) is 1. The van der Waals surface area contributed by atoms with Crippen molar-refractivity contribution in [1.82, 2.24) is 14.6 Å². The summed E-state index contributed by atoms with van der Waals surface area (Å²) in [4.78, 5) is 8.39. The van der Waals surface area contributed by atoms with E-state index in [9.17, 15) is 0 Å². The molecule has 0 saturated heterocycles. The number of anilines is 2. The number of nitrogens with zero attached hydrogens (tertiary/aromatic N) is 4. The Hall–Kier alpha value is -2.53. The largest absolute Gasteiger partial charge is 0.384 e. The Bertz CT molecular complexity index is 785. The maximum absolute atomic E-state index is 6.38. The maximum atomic E-state index is 6.38. The molecule has 0 amide bonds. The Labute approximate surface area is 140 Å². The van der Waals surface area contributed by atoms with Gasteiger partial charge in [0.25, 0.3) is 0 Å². The molecule has 0 aliphatic carbocycles. The summed E-state index contributed by atoms with van der Waals surface area (Å²) >= 11 is 6.38. The van der Waals surface area contributed by atoms with E-state index in [-0.39, 0.29) is 0 Å². The molecule has 2 aromatic heterocycles. The molecule has 3 aromatic rings. The van der Waals surface area contributed by atoms with Crippen molar-refractivity contribution in [3.8, 4) is 11.1 Å². The molecule has 1 aromatic carbocycles. The molecular weight excluding hydrogens is 310 g/mol. The Morgan fingerprint density at radius 3 is 2.78 bits per heavy atom. The highest BCUT2D eigenvalue weighted by atomic mass is 35.5. The summed E-state index contributed by atoms with van der Waals surface area (Å²) in [5, 5.41) is 2.80. The molecule has 2 heterocycles. The number of imidazole rings is 1. The van der Waals surface area contributed by atoms with E-state index in [1.54, 1.807) is 18.7 Å². The molecule has 23 heavy (non-hydrogen) atoms. The van der Waals surface area contributed by atoms with Crippen LogP contribution in [-0.2, 0) is 0 Å². The molecule has 0 saturated carbocycles. The van der Waals surface area contributed by atoms with Crippen molar-refractivity contribution in [1.29, 1.82) is 0 Å². The fraction of sp³-hybridized carbons (Fsp3) is 0.176. The predicted molar refractivity (Wildman–Crippen MR) is 94.4 cm³/mol. The van der Waals surface area contributed by atoms with Crippen LogP contribution in [-0.4, -0.2) is 21.2 Å². The average molecular weight is 328 g/mol. The predicted octanol–water partition coefficient (Wildman–Crippen LogP) is 3.86. The van der Waals surface area contributed by atoms with Gasteiger partial charge in [0.05, 0.1) is 5.69 Å². The van der Waals surface area contributed by atoms with E-state index in [0.29, 0.717) is 10.8 Å². The third kappa shape index (κ3) is 3.14. The van der Waals surface area contributed by atoms with Gasteiger partial charge in [-0.2, -0.15) is 0 Å². The molecule has 2 N–H and O–H groups in total. The van der Waals surface area contributed by atoms with Crippen molar-refractivity contribution >= 4 is 23.1 Å². The normalized spacial score (nSPS) is 10.7. The summed E-state index contributed by atoms with van der Waals surface area (Å²) in [5.41, 5.74) is 8.75. The molecule has 0 unspecified atom stereocenters. The van der Waals surface area contributed by atoms with Crippen LogP contribution in [0.1, 0.15) is 13.3 Å². The summed E-state index contributed by atoms with van der Waals surface area (Å²) < 4.78 is 1.94. The summed E-state index contributed by atoms with van der Waals surface area (Å²) in [6.07, 6.45) is 8.17. The van der Waals surface area contributed by atoms with Crippen molar-refractivity contribution in [2.75, 3.05) is 17.3 Å². The van der Waals surface area contributed by atoms with E-state index < -0.39 is 0 Å². The molecule has 0 bridgehead atoms. The quantitative estimate of drug-likeness (QED) is 0.773. The van der Waals surface area contributed by atoms with Crippen molar-refractivity contribution < 1.29 is 0 Å². The SMILES string of the molecule is CCCN(c1cc(N)ncc1-c1ccccc1Cl)n1ccnc1. The van der Waals surface area contributed by atoms with E-state index >= 15 is 0 Å². The van der Waals surface area contributed by atoms with Crippen LogP contribution in [0.2, 0.25) is 5.02 Å². The number of nitrogen functional groups attached to an aromatic ring is 1. The van der Waals surface area contributed by atoms with Gasteiger partial charge in [-0.3, -0.25) is 5.01 Å². The van der Waals surface area contributed by atoms with Crippen LogP contribution in [0.4, 0.5) is 11.5 Å². The van der Waals surface area contributed by atoms with Gasteiger partial charge in [-0.05, 0) is 12.5 Å². The smallest absolute Gasteiger partial charge is 0.125 e. The minimum absolute atomic E-state index is 0.469. The zero-order valence-corrected chi connectivity index (χ0v) is 13.6. The molecule has 0 atom stereocenters. The number of halogens is 1. The first kappa shape index (κ1) is 15.4. The molecule has 5 nitrogen and oxygen atoms in total. The van der Waals surface area contributed by atoms with Gasteiger partial charge in [-0.15, -0.1) is 0 Å². The molecule has 118 valence electrons. The zero-order chi connectivity index (χ0) is 16.2. The van der Waals surface area contributed by atoms with Gasteiger partial charge in [-0.1, -0.05) is 36.7 Å². The molecule has 0 fully saturated rings. The zero-order valence-electron chi connectivity index (χ0n) is 12.9. The summed E-state index contributed by atoms with van der Waals surface area (Å²) in [6, 6.07) is 9.60. The first-order valence-corrected chi connectivity index (χ1v) is 7.84. The minimum Gasteiger partial charge on any atom is -0.384 e. The lowest BCUT2D eigenvalue weighted by molar-refractivity contribution is 0.675. The second-order valence-corrected chi connectivity index (χ2v) is 5.58. The number of aromatic nitrogens is 3. The van der Waals surface area contributed by atoms with Gasteiger partial charge in [0.1, 0.15) is 12.1 Å². The maximum Gasteiger partial charge on any atom is 0.125 e. The number of pyridine rings is 1. The van der Waals surface area contributed by atoms with Gasteiger partial charge >= 0.3 is 0 Å². The first-order chi connectivity index (χ1) is 11.2. The van der Waals surface area contributed by atoms with Crippen molar-refractivity contribution in [2.24, 2.45) is 0 Å². The highest BCUT2D eigenvalue weighted by Gasteiger charge is 2.16. The van der Waals surface area contributed by atoms with Gasteiger partial charge in [0, 0.05) is 47.4 Å². The lowest BCUT2D eigenvalue weighted by Crippen LogP contribution is -2.29. The number of hydrogen-bond acceptors (Lipinski definition) is 4. The number of nitrogens with two attached hydrogens (primary N) is 1. The summed E-state index contributed by atoms with van der Waals surface area (Å²) in [7, 11) is 0. The van der Waals surface area contributed by atoms with Gasteiger partial charge in [0.2, 0.25) is 0 Å². The van der Waals surface area contributed by atoms with Crippen LogP contribution in [0.3, 0.4) is 0 Å². The van der Waals surface area contributed by atoms with E-state index in [2.05, 4.69) is 21.9 Å². The fourth-order valence-corrected chi connectivity index (χ4v) is 2.77. The second kappa shape index (κ2) is 6.71. The minimum atomic E-state index is 0.469. The Balaban J connectivity index is 2.17. The van der Waals surface area contributed by atoms with E-state index in [1.807, 2.05) is 41.2 Å². The van der Waals surface area contributed by atoms with Crippen molar-refractivity contribution in [2.45, 2.75) is 13.3 Å². The summed E-state index contributed by atoms with van der Waals surface area (Å²) in [5.74, 6) is 0.469. The van der Waals surface area contributed by atoms with Crippen LogP contribution in [0.25, 0.3) is 11.1 Å². The highest BCUT2D eigenvalue weighted by molar-refractivity contribution is 6.33. The van der Waals surface area contributed by atoms with Gasteiger partial charge in [-0.25, -0.2) is 14.6 Å². The Kier molecular flexibility index (Phi) is 4.48. The molecular formula is C17H18ClN5. The van der Waals surface area contributed by atoms with Crippen LogP contribution in [0.5, 0.6) is 0 Å². The van der Waals surface area contributed by atoms with Crippen LogP contribution in [0.15, 0.2) is 55.2 Å². The summed E-state index contributed by atoms with van der Waals surface area (Å²) in [6.45, 7) is 2.95. The van der Waals surface area contributed by atoms with Crippen LogP contribution >= 0.6 is 11.6 Å². The standard InChI is InChI=1S/C17H18ClN5/c1-2-8-23(22-9-7-20-12-22)16-10-17(19)21-11-14(16)13-5-3-4-6-15(13)18/h3-7,9-12H,2,8H2,1H3,(H2,19,21). The van der Waals surface area contributed by atoms with Gasteiger partial charge in [0.15, 0.2) is 0 Å². The van der Waals surface area contributed by atoms with Gasteiger partial charge < -0.3 is 5.73 Å². The fourth-order valence-electron chi connectivity index (χ4n) is 2.53. The van der Waals surface area contributed by atoms with Crippen molar-refractivity contribution in [3.05, 3.63) is 60.3 Å². The number of benzene rings is 1. The topological polar surface area (TPSA) is 60.0 Å². The third-order valence-electron chi connectivity index (χ3n) is 3.55. The third-order valence-corrected chi connectivity index (χ3v) is 3.88.